The van der Waals surface area contributed by atoms with Gasteiger partial charge in [-0.05, 0) is 5.56 Å². The molecule has 1 aromatic carbocycles. The molecule has 6 heteroatoms. The lowest BCUT2D eigenvalue weighted by atomic mass is 10.2. The summed E-state index contributed by atoms with van der Waals surface area (Å²) in [6.07, 6.45) is 0. The summed E-state index contributed by atoms with van der Waals surface area (Å²) in [6.45, 7) is 0.328. The highest BCUT2D eigenvalue weighted by molar-refractivity contribution is 5.90. The van der Waals surface area contributed by atoms with E-state index in [2.05, 4.69) is 5.10 Å². The Balaban J connectivity index is 2.41. The molecule has 18 heavy (non-hydrogen) atoms. The van der Waals surface area contributed by atoms with Gasteiger partial charge in [0, 0.05) is 0 Å². The Labute approximate surface area is 103 Å². The lowest BCUT2D eigenvalue weighted by Crippen LogP contribution is -2.07. The van der Waals surface area contributed by atoms with Gasteiger partial charge in [0.05, 0.1) is 6.54 Å². The van der Waals surface area contributed by atoms with Crippen LogP contribution in [0, 0.1) is 11.3 Å². The molecule has 0 atom stereocenters. The molecule has 0 saturated heterocycles. The molecule has 0 spiro atoms. The predicted molar refractivity (Wildman–Crippen MR) is 63.9 cm³/mol. The zero-order valence-electron chi connectivity index (χ0n) is 9.37. The van der Waals surface area contributed by atoms with Crippen molar-refractivity contribution in [3.8, 4) is 6.07 Å². The minimum atomic E-state index is -1.26. The average molecular weight is 242 g/mol. The molecule has 0 bridgehead atoms. The van der Waals surface area contributed by atoms with E-state index in [4.69, 9.17) is 16.1 Å². The van der Waals surface area contributed by atoms with Gasteiger partial charge >= 0.3 is 5.97 Å². The second kappa shape index (κ2) is 4.59. The van der Waals surface area contributed by atoms with E-state index in [1.54, 1.807) is 6.07 Å². The first-order chi connectivity index (χ1) is 8.63. The van der Waals surface area contributed by atoms with Crippen molar-refractivity contribution < 1.29 is 9.90 Å². The number of carboxylic acids is 1. The lowest BCUT2D eigenvalue weighted by Gasteiger charge is -2.03. The van der Waals surface area contributed by atoms with Gasteiger partial charge in [0.15, 0.2) is 5.69 Å². The predicted octanol–water partition coefficient (Wildman–Crippen LogP) is 1.08. The highest BCUT2D eigenvalue weighted by Crippen LogP contribution is 2.17. The summed E-state index contributed by atoms with van der Waals surface area (Å²) in [6, 6.07) is 11.1. The molecular weight excluding hydrogens is 232 g/mol. The summed E-state index contributed by atoms with van der Waals surface area (Å²) < 4.78 is 1.32. The molecule has 0 saturated carbocycles. The summed E-state index contributed by atoms with van der Waals surface area (Å²) in [5.74, 6) is -1.19. The summed E-state index contributed by atoms with van der Waals surface area (Å²) in [7, 11) is 0. The van der Waals surface area contributed by atoms with Gasteiger partial charge in [-0.1, -0.05) is 30.3 Å². The van der Waals surface area contributed by atoms with Crippen molar-refractivity contribution >= 4 is 11.8 Å². The van der Waals surface area contributed by atoms with E-state index in [1.807, 2.05) is 30.3 Å². The van der Waals surface area contributed by atoms with Gasteiger partial charge in [0.2, 0.25) is 0 Å². The molecule has 6 nitrogen and oxygen atoms in total. The molecule has 0 radical (unpaired) electrons. The maximum absolute atomic E-state index is 10.9. The number of carbonyl (C=O) groups is 1. The Morgan fingerprint density at radius 3 is 2.61 bits per heavy atom. The molecule has 0 unspecified atom stereocenters. The number of anilines is 1. The van der Waals surface area contributed by atoms with E-state index in [0.717, 1.165) is 5.56 Å². The minimum Gasteiger partial charge on any atom is -0.476 e. The van der Waals surface area contributed by atoms with Crippen LogP contribution in [-0.2, 0) is 6.54 Å². The van der Waals surface area contributed by atoms with Gasteiger partial charge in [0.25, 0.3) is 0 Å². The van der Waals surface area contributed by atoms with Gasteiger partial charge in [-0.3, -0.25) is 0 Å². The molecule has 1 aromatic heterocycles. The Hall–Kier alpha value is -2.81. The van der Waals surface area contributed by atoms with Crippen LogP contribution in [0.1, 0.15) is 21.6 Å². The number of nitrogens with two attached hydrogens (primary N) is 1. The number of hydrogen-bond acceptors (Lipinski definition) is 4. The van der Waals surface area contributed by atoms with Gasteiger partial charge < -0.3 is 10.8 Å². The Kier molecular flexibility index (Phi) is 2.98. The SMILES string of the molecule is N#Cc1c(C(=O)O)nn(Cc2ccccc2)c1N. The highest BCUT2D eigenvalue weighted by Gasteiger charge is 2.20. The minimum absolute atomic E-state index is 0.0683. The second-order valence-corrected chi connectivity index (χ2v) is 3.67. The zero-order chi connectivity index (χ0) is 13.1. The summed E-state index contributed by atoms with van der Waals surface area (Å²) in [5.41, 5.74) is 6.23. The first kappa shape index (κ1) is 11.7. The molecular formula is C12H10N4O2. The van der Waals surface area contributed by atoms with Crippen LogP contribution in [0.2, 0.25) is 0 Å². The van der Waals surface area contributed by atoms with E-state index in [9.17, 15) is 4.79 Å². The number of benzene rings is 1. The Morgan fingerprint density at radius 1 is 1.44 bits per heavy atom. The van der Waals surface area contributed by atoms with E-state index >= 15 is 0 Å². The van der Waals surface area contributed by atoms with Crippen LogP contribution >= 0.6 is 0 Å². The number of nitrogen functional groups attached to an aromatic ring is 1. The molecule has 3 N–H and O–H groups in total. The molecule has 90 valence electrons. The van der Waals surface area contributed by atoms with E-state index in [-0.39, 0.29) is 17.1 Å². The second-order valence-electron chi connectivity index (χ2n) is 3.67. The van der Waals surface area contributed by atoms with E-state index in [1.165, 1.54) is 4.68 Å². The van der Waals surface area contributed by atoms with Crippen molar-refractivity contribution in [2.45, 2.75) is 6.54 Å². The van der Waals surface area contributed by atoms with Crippen LogP contribution < -0.4 is 5.73 Å². The van der Waals surface area contributed by atoms with Crippen molar-refractivity contribution in [3.05, 3.63) is 47.2 Å². The third-order valence-corrected chi connectivity index (χ3v) is 2.48. The van der Waals surface area contributed by atoms with Crippen molar-refractivity contribution in [3.63, 3.8) is 0 Å². The van der Waals surface area contributed by atoms with E-state index < -0.39 is 5.97 Å². The van der Waals surface area contributed by atoms with E-state index in [0.29, 0.717) is 6.54 Å². The topological polar surface area (TPSA) is 105 Å². The number of nitriles is 1. The monoisotopic (exact) mass is 242 g/mol. The fraction of sp³-hybridized carbons (Fsp3) is 0.0833. The summed E-state index contributed by atoms with van der Waals surface area (Å²) >= 11 is 0. The normalized spacial score (nSPS) is 9.94. The quantitative estimate of drug-likeness (QED) is 0.837. The number of rotatable bonds is 3. The number of hydrogen-bond donors (Lipinski definition) is 2. The first-order valence-electron chi connectivity index (χ1n) is 5.17. The standard InChI is InChI=1S/C12H10N4O2/c13-6-9-10(12(17)18)15-16(11(9)14)7-8-4-2-1-3-5-8/h1-5H,7,14H2,(H,17,18). The largest absolute Gasteiger partial charge is 0.476 e. The molecule has 0 amide bonds. The Bertz CT molecular complexity index is 626. The smallest absolute Gasteiger partial charge is 0.357 e. The fourth-order valence-electron chi connectivity index (χ4n) is 1.61. The molecule has 0 fully saturated rings. The highest BCUT2D eigenvalue weighted by atomic mass is 16.4. The van der Waals surface area contributed by atoms with Crippen molar-refractivity contribution in [2.24, 2.45) is 0 Å². The van der Waals surface area contributed by atoms with Crippen LogP contribution in [0.5, 0.6) is 0 Å². The summed E-state index contributed by atoms with van der Waals surface area (Å²) in [4.78, 5) is 10.9. The molecule has 0 aliphatic heterocycles. The van der Waals surface area contributed by atoms with Crippen molar-refractivity contribution in [2.75, 3.05) is 5.73 Å². The maximum atomic E-state index is 10.9. The van der Waals surface area contributed by atoms with Gasteiger partial charge in [-0.2, -0.15) is 10.4 Å². The van der Waals surface area contributed by atoms with Crippen LogP contribution in [0.4, 0.5) is 5.82 Å². The van der Waals surface area contributed by atoms with Gasteiger partial charge in [0.1, 0.15) is 17.5 Å². The van der Waals surface area contributed by atoms with Crippen LogP contribution in [0.25, 0.3) is 0 Å². The number of aromatic carboxylic acids is 1. The van der Waals surface area contributed by atoms with Crippen LogP contribution in [0.15, 0.2) is 30.3 Å². The number of aromatic nitrogens is 2. The molecule has 0 aliphatic rings. The summed E-state index contributed by atoms with van der Waals surface area (Å²) in [5, 5.41) is 21.6. The lowest BCUT2D eigenvalue weighted by molar-refractivity contribution is 0.0689. The van der Waals surface area contributed by atoms with Gasteiger partial charge in [-0.25, -0.2) is 9.48 Å². The number of nitrogens with zero attached hydrogens (tertiary/aromatic N) is 3. The average Bonchev–Trinajstić information content (AvgIpc) is 2.68. The molecule has 2 aromatic rings. The third kappa shape index (κ3) is 2.01. The zero-order valence-corrected chi connectivity index (χ0v) is 9.37. The third-order valence-electron chi connectivity index (χ3n) is 2.48. The van der Waals surface area contributed by atoms with Crippen LogP contribution in [-0.4, -0.2) is 20.9 Å². The van der Waals surface area contributed by atoms with Crippen molar-refractivity contribution in [1.82, 2.24) is 9.78 Å². The first-order valence-corrected chi connectivity index (χ1v) is 5.17. The van der Waals surface area contributed by atoms with Crippen molar-refractivity contribution in [1.29, 1.82) is 5.26 Å². The number of carboxylic acid groups (broad SMARTS) is 1. The van der Waals surface area contributed by atoms with Crippen LogP contribution in [0.3, 0.4) is 0 Å². The Morgan fingerprint density at radius 2 is 2.11 bits per heavy atom. The maximum Gasteiger partial charge on any atom is 0.357 e. The molecule has 1 heterocycles. The fourth-order valence-corrected chi connectivity index (χ4v) is 1.61. The molecule has 2 rings (SSSR count). The molecule has 0 aliphatic carbocycles. The van der Waals surface area contributed by atoms with Gasteiger partial charge in [-0.15, -0.1) is 0 Å².